The molecule has 126 valence electrons. The molecule has 7 heteroatoms. The Bertz CT molecular complexity index is 551. The summed E-state index contributed by atoms with van der Waals surface area (Å²) in [5.41, 5.74) is 1.31. The molecule has 0 bridgehead atoms. The Morgan fingerprint density at radius 3 is 2.52 bits per heavy atom. The van der Waals surface area contributed by atoms with Crippen LogP contribution in [0.2, 0.25) is 0 Å². The molecule has 1 aromatic carbocycles. The first kappa shape index (κ1) is 16.9. The van der Waals surface area contributed by atoms with Crippen molar-refractivity contribution >= 4 is 23.5 Å². The first-order valence-electron chi connectivity index (χ1n) is 7.71. The van der Waals surface area contributed by atoms with Gasteiger partial charge in [-0.1, -0.05) is 0 Å². The van der Waals surface area contributed by atoms with Crippen LogP contribution < -0.4 is 20.9 Å². The van der Waals surface area contributed by atoms with E-state index in [0.717, 1.165) is 11.4 Å². The van der Waals surface area contributed by atoms with Crippen LogP contribution in [0, 0.1) is 0 Å². The summed E-state index contributed by atoms with van der Waals surface area (Å²) in [6.45, 7) is 7.89. The Labute approximate surface area is 136 Å². The van der Waals surface area contributed by atoms with Crippen LogP contribution in [0.25, 0.3) is 0 Å². The van der Waals surface area contributed by atoms with Crippen LogP contribution >= 0.6 is 0 Å². The van der Waals surface area contributed by atoms with Crippen molar-refractivity contribution in [2.45, 2.75) is 26.4 Å². The van der Waals surface area contributed by atoms with Gasteiger partial charge in [0.1, 0.15) is 5.60 Å². The fourth-order valence-corrected chi connectivity index (χ4v) is 2.16. The highest BCUT2D eigenvalue weighted by atomic mass is 16.6. The molecule has 23 heavy (non-hydrogen) atoms. The zero-order valence-electron chi connectivity index (χ0n) is 13.8. The lowest BCUT2D eigenvalue weighted by molar-refractivity contribution is 0.0530. The molecular weight excluding hydrogens is 296 g/mol. The van der Waals surface area contributed by atoms with Crippen molar-refractivity contribution in [1.29, 1.82) is 0 Å². The Balaban J connectivity index is 1.72. The van der Waals surface area contributed by atoms with Gasteiger partial charge < -0.3 is 20.7 Å². The highest BCUT2D eigenvalue weighted by Crippen LogP contribution is 2.19. The highest BCUT2D eigenvalue weighted by molar-refractivity contribution is 5.94. The standard InChI is InChI=1S/C16H24N4O3/c1-16(2,3)23-15(22)19-9-8-17-12-4-6-13(7-5-12)20-11-10-18-14(20)21/h4-7,17H,8-11H2,1-3H3,(H,18,21)(H,19,22). The molecule has 1 fully saturated rings. The molecule has 1 aliphatic heterocycles. The molecule has 0 unspecified atom stereocenters. The topological polar surface area (TPSA) is 82.7 Å². The maximum absolute atomic E-state index is 11.6. The molecule has 0 saturated carbocycles. The van der Waals surface area contributed by atoms with Crippen molar-refractivity contribution in [3.05, 3.63) is 24.3 Å². The lowest BCUT2D eigenvalue weighted by Gasteiger charge is -2.19. The van der Waals surface area contributed by atoms with Crippen molar-refractivity contribution in [2.24, 2.45) is 0 Å². The second kappa shape index (κ2) is 7.21. The van der Waals surface area contributed by atoms with Crippen LogP contribution in [0.4, 0.5) is 21.0 Å². The quantitative estimate of drug-likeness (QED) is 0.726. The van der Waals surface area contributed by atoms with Gasteiger partial charge in [-0.15, -0.1) is 0 Å². The van der Waals surface area contributed by atoms with Crippen LogP contribution in [0.15, 0.2) is 24.3 Å². The number of carbonyl (C=O) groups excluding carboxylic acids is 2. The summed E-state index contributed by atoms with van der Waals surface area (Å²) in [5.74, 6) is 0. The minimum atomic E-state index is -0.491. The van der Waals surface area contributed by atoms with Gasteiger partial charge in [-0.3, -0.25) is 4.90 Å². The molecule has 2 rings (SSSR count). The number of hydrogen-bond acceptors (Lipinski definition) is 4. The van der Waals surface area contributed by atoms with E-state index < -0.39 is 11.7 Å². The van der Waals surface area contributed by atoms with Crippen molar-refractivity contribution in [3.63, 3.8) is 0 Å². The smallest absolute Gasteiger partial charge is 0.407 e. The van der Waals surface area contributed by atoms with Gasteiger partial charge in [0.2, 0.25) is 0 Å². The number of amides is 3. The number of nitrogens with zero attached hydrogens (tertiary/aromatic N) is 1. The molecule has 3 N–H and O–H groups in total. The van der Waals surface area contributed by atoms with E-state index >= 15 is 0 Å². The van der Waals surface area contributed by atoms with E-state index in [4.69, 9.17) is 4.74 Å². The minimum absolute atomic E-state index is 0.0627. The lowest BCUT2D eigenvalue weighted by atomic mass is 10.2. The summed E-state index contributed by atoms with van der Waals surface area (Å²) in [5, 5.41) is 8.66. The number of anilines is 2. The molecule has 0 spiro atoms. The monoisotopic (exact) mass is 320 g/mol. The van der Waals surface area contributed by atoms with E-state index in [2.05, 4.69) is 16.0 Å². The van der Waals surface area contributed by atoms with Gasteiger partial charge in [0, 0.05) is 37.6 Å². The average molecular weight is 320 g/mol. The maximum Gasteiger partial charge on any atom is 0.407 e. The SMILES string of the molecule is CC(C)(C)OC(=O)NCCNc1ccc(N2CCNC2=O)cc1. The third-order valence-corrected chi connectivity index (χ3v) is 3.16. The van der Waals surface area contributed by atoms with Gasteiger partial charge in [0.15, 0.2) is 0 Å². The van der Waals surface area contributed by atoms with Gasteiger partial charge in [0.05, 0.1) is 0 Å². The number of carbonyl (C=O) groups is 2. The van der Waals surface area contributed by atoms with Crippen molar-refractivity contribution in [3.8, 4) is 0 Å². The molecule has 1 saturated heterocycles. The van der Waals surface area contributed by atoms with E-state index in [-0.39, 0.29) is 6.03 Å². The van der Waals surface area contributed by atoms with E-state index in [1.54, 1.807) is 4.90 Å². The summed E-state index contributed by atoms with van der Waals surface area (Å²) < 4.78 is 5.15. The van der Waals surface area contributed by atoms with Crippen LogP contribution in [0.1, 0.15) is 20.8 Å². The Hall–Kier alpha value is -2.44. The number of hydrogen-bond donors (Lipinski definition) is 3. The Morgan fingerprint density at radius 1 is 1.26 bits per heavy atom. The predicted molar refractivity (Wildman–Crippen MR) is 89.9 cm³/mol. The summed E-state index contributed by atoms with van der Waals surface area (Å²) in [4.78, 5) is 24.8. The maximum atomic E-state index is 11.6. The molecule has 3 amide bonds. The zero-order valence-corrected chi connectivity index (χ0v) is 13.8. The minimum Gasteiger partial charge on any atom is -0.444 e. The number of urea groups is 1. The summed E-state index contributed by atoms with van der Waals surface area (Å²) >= 11 is 0. The van der Waals surface area contributed by atoms with Gasteiger partial charge in [0.25, 0.3) is 0 Å². The van der Waals surface area contributed by atoms with Gasteiger partial charge >= 0.3 is 12.1 Å². The highest BCUT2D eigenvalue weighted by Gasteiger charge is 2.20. The third kappa shape index (κ3) is 5.36. The molecule has 0 radical (unpaired) electrons. The molecule has 7 nitrogen and oxygen atoms in total. The number of rotatable bonds is 5. The summed E-state index contributed by atoms with van der Waals surface area (Å²) in [6.07, 6.45) is -0.422. The van der Waals surface area contributed by atoms with E-state index in [0.29, 0.717) is 26.2 Å². The third-order valence-electron chi connectivity index (χ3n) is 3.16. The molecular formula is C16H24N4O3. The van der Waals surface area contributed by atoms with Crippen molar-refractivity contribution in [2.75, 3.05) is 36.4 Å². The summed E-state index contributed by atoms with van der Waals surface area (Å²) in [7, 11) is 0. The average Bonchev–Trinajstić information content (AvgIpc) is 2.89. The molecule has 1 aromatic rings. The van der Waals surface area contributed by atoms with Crippen LogP contribution in [-0.4, -0.2) is 43.9 Å². The fourth-order valence-electron chi connectivity index (χ4n) is 2.16. The largest absolute Gasteiger partial charge is 0.444 e. The lowest BCUT2D eigenvalue weighted by Crippen LogP contribution is -2.35. The number of ether oxygens (including phenoxy) is 1. The second-order valence-corrected chi connectivity index (χ2v) is 6.29. The predicted octanol–water partition coefficient (Wildman–Crippen LogP) is 2.15. The van der Waals surface area contributed by atoms with Crippen LogP contribution in [0.3, 0.4) is 0 Å². The van der Waals surface area contributed by atoms with Gasteiger partial charge in [-0.05, 0) is 45.0 Å². The first-order valence-corrected chi connectivity index (χ1v) is 7.71. The zero-order chi connectivity index (χ0) is 16.9. The molecule has 1 aliphatic rings. The van der Waals surface area contributed by atoms with E-state index in [9.17, 15) is 9.59 Å². The Kier molecular flexibility index (Phi) is 5.31. The second-order valence-electron chi connectivity index (χ2n) is 6.29. The van der Waals surface area contributed by atoms with Crippen LogP contribution in [0.5, 0.6) is 0 Å². The number of nitrogens with one attached hydrogen (secondary N) is 3. The fraction of sp³-hybridized carbons (Fsp3) is 0.500. The molecule has 1 heterocycles. The van der Waals surface area contributed by atoms with Gasteiger partial charge in [-0.2, -0.15) is 0 Å². The van der Waals surface area contributed by atoms with E-state index in [1.807, 2.05) is 45.0 Å². The normalized spacial score (nSPS) is 14.4. The Morgan fingerprint density at radius 2 is 1.96 bits per heavy atom. The van der Waals surface area contributed by atoms with Crippen molar-refractivity contribution < 1.29 is 14.3 Å². The van der Waals surface area contributed by atoms with Crippen LogP contribution in [-0.2, 0) is 4.74 Å². The first-order chi connectivity index (χ1) is 10.8. The van der Waals surface area contributed by atoms with Gasteiger partial charge in [-0.25, -0.2) is 9.59 Å². The molecule has 0 aliphatic carbocycles. The number of benzene rings is 1. The van der Waals surface area contributed by atoms with E-state index in [1.165, 1.54) is 0 Å². The molecule has 0 aromatic heterocycles. The molecule has 0 atom stereocenters. The summed E-state index contributed by atoms with van der Waals surface area (Å²) in [6, 6.07) is 7.55. The number of alkyl carbamates (subject to hydrolysis) is 1. The van der Waals surface area contributed by atoms with Crippen molar-refractivity contribution in [1.82, 2.24) is 10.6 Å².